The molecule has 3 rings (SSSR count). The maximum absolute atomic E-state index is 3.78. The van der Waals surface area contributed by atoms with Gasteiger partial charge >= 0.3 is 0 Å². The molecule has 0 spiro atoms. The van der Waals surface area contributed by atoms with Crippen LogP contribution < -0.4 is 5.32 Å². The van der Waals surface area contributed by atoms with E-state index in [9.17, 15) is 0 Å². The first-order valence-electron chi connectivity index (χ1n) is 7.75. The Morgan fingerprint density at radius 3 is 2.81 bits per heavy atom. The number of nitrogens with zero attached hydrogens (tertiary/aromatic N) is 1. The average molecular weight is 300 g/mol. The van der Waals surface area contributed by atoms with Gasteiger partial charge in [-0.1, -0.05) is 24.3 Å². The van der Waals surface area contributed by atoms with E-state index in [1.54, 1.807) is 4.88 Å². The van der Waals surface area contributed by atoms with Crippen LogP contribution in [0.25, 0.3) is 0 Å². The summed E-state index contributed by atoms with van der Waals surface area (Å²) < 4.78 is 0. The van der Waals surface area contributed by atoms with E-state index in [4.69, 9.17) is 0 Å². The third-order valence-corrected chi connectivity index (χ3v) is 5.19. The van der Waals surface area contributed by atoms with Crippen LogP contribution in [0.5, 0.6) is 0 Å². The van der Waals surface area contributed by atoms with Gasteiger partial charge in [0.15, 0.2) is 0 Å². The van der Waals surface area contributed by atoms with E-state index in [0.717, 1.165) is 13.1 Å². The molecule has 0 saturated heterocycles. The first kappa shape index (κ1) is 14.8. The molecule has 1 unspecified atom stereocenters. The second-order valence-electron chi connectivity index (χ2n) is 6.13. The molecule has 0 radical (unpaired) electrons. The van der Waals surface area contributed by atoms with Crippen molar-refractivity contribution in [3.8, 4) is 0 Å². The number of hydrogen-bond donors (Lipinski definition) is 1. The maximum atomic E-state index is 3.78. The van der Waals surface area contributed by atoms with E-state index >= 15 is 0 Å². The van der Waals surface area contributed by atoms with Crippen molar-refractivity contribution in [3.63, 3.8) is 0 Å². The Bertz CT molecular complexity index is 588. The second kappa shape index (κ2) is 6.73. The van der Waals surface area contributed by atoms with Crippen molar-refractivity contribution in [2.45, 2.75) is 38.4 Å². The molecule has 21 heavy (non-hydrogen) atoms. The van der Waals surface area contributed by atoms with Crippen LogP contribution in [-0.4, -0.2) is 19.0 Å². The van der Waals surface area contributed by atoms with Crippen LogP contribution in [0.4, 0.5) is 0 Å². The first-order chi connectivity index (χ1) is 10.2. The van der Waals surface area contributed by atoms with Crippen molar-refractivity contribution in [1.29, 1.82) is 0 Å². The summed E-state index contributed by atoms with van der Waals surface area (Å²) >= 11 is 1.92. The number of hydrogen-bond acceptors (Lipinski definition) is 3. The lowest BCUT2D eigenvalue weighted by molar-refractivity contribution is 0.398. The second-order valence-corrected chi connectivity index (χ2v) is 7.13. The highest BCUT2D eigenvalue weighted by atomic mass is 32.1. The Hall–Kier alpha value is -1.16. The van der Waals surface area contributed by atoms with E-state index in [0.29, 0.717) is 6.04 Å². The van der Waals surface area contributed by atoms with E-state index in [2.05, 4.69) is 60.0 Å². The maximum Gasteiger partial charge on any atom is 0.0334 e. The molecule has 1 aromatic carbocycles. The Balaban J connectivity index is 1.69. The summed E-state index contributed by atoms with van der Waals surface area (Å²) in [7, 11) is 4.26. The molecule has 0 fully saturated rings. The molecule has 0 aliphatic heterocycles. The molecule has 1 heterocycles. The molecule has 1 aliphatic carbocycles. The minimum Gasteiger partial charge on any atom is -0.306 e. The van der Waals surface area contributed by atoms with E-state index in [1.807, 2.05) is 11.3 Å². The van der Waals surface area contributed by atoms with Gasteiger partial charge in [0.1, 0.15) is 0 Å². The van der Waals surface area contributed by atoms with Gasteiger partial charge in [-0.15, -0.1) is 11.3 Å². The number of benzene rings is 1. The van der Waals surface area contributed by atoms with Crippen molar-refractivity contribution in [1.82, 2.24) is 10.2 Å². The molecule has 0 amide bonds. The highest BCUT2D eigenvalue weighted by Crippen LogP contribution is 2.33. The molecule has 3 heteroatoms. The van der Waals surface area contributed by atoms with Gasteiger partial charge in [0.25, 0.3) is 0 Å². The van der Waals surface area contributed by atoms with Crippen molar-refractivity contribution < 1.29 is 0 Å². The summed E-state index contributed by atoms with van der Waals surface area (Å²) in [5.74, 6) is 0. The van der Waals surface area contributed by atoms with E-state index < -0.39 is 0 Å². The molecule has 1 aliphatic rings. The molecule has 2 aromatic rings. The van der Waals surface area contributed by atoms with Crippen LogP contribution in [-0.2, 0) is 19.5 Å². The molecule has 0 bridgehead atoms. The van der Waals surface area contributed by atoms with E-state index in [1.165, 1.54) is 36.0 Å². The lowest BCUT2D eigenvalue weighted by atomic mass is 9.93. The molecule has 1 aromatic heterocycles. The average Bonchev–Trinajstić information content (AvgIpc) is 2.95. The SMILES string of the molecule is CN(C)Cc1ccccc1CNC1CCCc2sccc21. The summed E-state index contributed by atoms with van der Waals surface area (Å²) in [5.41, 5.74) is 4.39. The summed E-state index contributed by atoms with van der Waals surface area (Å²) in [6.07, 6.45) is 3.84. The lowest BCUT2D eigenvalue weighted by Gasteiger charge is -2.24. The summed E-state index contributed by atoms with van der Waals surface area (Å²) in [5, 5.41) is 6.02. The number of rotatable bonds is 5. The molecule has 1 atom stereocenters. The quantitative estimate of drug-likeness (QED) is 0.898. The Morgan fingerprint density at radius 1 is 1.19 bits per heavy atom. The Labute approximate surface area is 131 Å². The smallest absolute Gasteiger partial charge is 0.0334 e. The number of thiophene rings is 1. The largest absolute Gasteiger partial charge is 0.306 e. The van der Waals surface area contributed by atoms with Crippen molar-refractivity contribution >= 4 is 11.3 Å². The van der Waals surface area contributed by atoms with Crippen molar-refractivity contribution in [3.05, 3.63) is 57.3 Å². The monoisotopic (exact) mass is 300 g/mol. The van der Waals surface area contributed by atoms with Crippen LogP contribution in [0.2, 0.25) is 0 Å². The highest BCUT2D eigenvalue weighted by Gasteiger charge is 2.20. The Morgan fingerprint density at radius 2 is 2.00 bits per heavy atom. The molecular formula is C18H24N2S. The summed E-state index contributed by atoms with van der Waals surface area (Å²) in [6, 6.07) is 11.6. The van der Waals surface area contributed by atoms with Crippen LogP contribution >= 0.6 is 11.3 Å². The predicted molar refractivity (Wildman–Crippen MR) is 90.7 cm³/mol. The molecule has 0 saturated carbocycles. The number of nitrogens with one attached hydrogen (secondary N) is 1. The van der Waals surface area contributed by atoms with Gasteiger partial charge in [0.05, 0.1) is 0 Å². The molecule has 1 N–H and O–H groups in total. The Kier molecular flexibility index (Phi) is 4.73. The predicted octanol–water partition coefficient (Wildman–Crippen LogP) is 3.98. The number of aryl methyl sites for hydroxylation is 1. The van der Waals surface area contributed by atoms with Gasteiger partial charge in [-0.3, -0.25) is 0 Å². The van der Waals surface area contributed by atoms with Crippen LogP contribution in [0.15, 0.2) is 35.7 Å². The van der Waals surface area contributed by atoms with Crippen LogP contribution in [0.1, 0.15) is 40.5 Å². The lowest BCUT2D eigenvalue weighted by Crippen LogP contribution is -2.24. The van der Waals surface area contributed by atoms with Gasteiger partial charge < -0.3 is 10.2 Å². The van der Waals surface area contributed by atoms with Crippen molar-refractivity contribution in [2.24, 2.45) is 0 Å². The third-order valence-electron chi connectivity index (χ3n) is 4.20. The zero-order valence-electron chi connectivity index (χ0n) is 12.9. The molecule has 112 valence electrons. The topological polar surface area (TPSA) is 15.3 Å². The van der Waals surface area contributed by atoms with Gasteiger partial charge in [-0.25, -0.2) is 0 Å². The zero-order chi connectivity index (χ0) is 14.7. The van der Waals surface area contributed by atoms with Gasteiger partial charge in [0.2, 0.25) is 0 Å². The fourth-order valence-electron chi connectivity index (χ4n) is 3.16. The summed E-state index contributed by atoms with van der Waals surface area (Å²) in [6.45, 7) is 1.97. The van der Waals surface area contributed by atoms with E-state index in [-0.39, 0.29) is 0 Å². The minimum atomic E-state index is 0.535. The standard InChI is InChI=1S/C18H24N2S/c1-20(2)13-15-7-4-3-6-14(15)12-19-17-8-5-9-18-16(17)10-11-21-18/h3-4,6-7,10-11,17,19H,5,8-9,12-13H2,1-2H3. The van der Waals surface area contributed by atoms with Gasteiger partial charge in [0, 0.05) is 24.0 Å². The zero-order valence-corrected chi connectivity index (χ0v) is 13.7. The van der Waals surface area contributed by atoms with Crippen LogP contribution in [0.3, 0.4) is 0 Å². The fraction of sp³-hybridized carbons (Fsp3) is 0.444. The summed E-state index contributed by atoms with van der Waals surface area (Å²) in [4.78, 5) is 3.82. The number of fused-ring (bicyclic) bond motifs is 1. The first-order valence-corrected chi connectivity index (χ1v) is 8.63. The normalized spacial score (nSPS) is 18.0. The van der Waals surface area contributed by atoms with Crippen molar-refractivity contribution in [2.75, 3.05) is 14.1 Å². The molecule has 2 nitrogen and oxygen atoms in total. The third kappa shape index (κ3) is 3.54. The minimum absolute atomic E-state index is 0.535. The fourth-order valence-corrected chi connectivity index (χ4v) is 4.14. The highest BCUT2D eigenvalue weighted by molar-refractivity contribution is 7.10. The molecular weight excluding hydrogens is 276 g/mol. The van der Waals surface area contributed by atoms with Crippen LogP contribution in [0, 0.1) is 0 Å². The van der Waals surface area contributed by atoms with Gasteiger partial charge in [-0.05, 0) is 61.5 Å². The van der Waals surface area contributed by atoms with Gasteiger partial charge in [-0.2, -0.15) is 0 Å².